The maximum atomic E-state index is 12.2. The molecular weight excluding hydrogens is 300 g/mol. The molecule has 8 heteroatoms. The van der Waals surface area contributed by atoms with Gasteiger partial charge in [0, 0.05) is 26.1 Å². The molecule has 0 unspecified atom stereocenters. The van der Waals surface area contributed by atoms with Crippen LogP contribution in [0, 0.1) is 11.8 Å². The first-order valence-electron chi connectivity index (χ1n) is 7.59. The van der Waals surface area contributed by atoms with Crippen molar-refractivity contribution in [3.63, 3.8) is 0 Å². The average molecular weight is 322 g/mol. The van der Waals surface area contributed by atoms with E-state index < -0.39 is 23.8 Å². The Balaban J connectivity index is 2.04. The molecule has 0 bridgehead atoms. The topological polar surface area (TPSA) is 119 Å². The number of hydrogen-bond acceptors (Lipinski definition) is 5. The number of amides is 3. The maximum Gasteiger partial charge on any atom is 0.290 e. The molecule has 0 radical (unpaired) electrons. The van der Waals surface area contributed by atoms with Crippen LogP contribution in [-0.4, -0.2) is 46.9 Å². The smallest absolute Gasteiger partial charge is 0.290 e. The summed E-state index contributed by atoms with van der Waals surface area (Å²) in [7, 11) is 0. The first kappa shape index (κ1) is 17.0. The van der Waals surface area contributed by atoms with Gasteiger partial charge in [0.15, 0.2) is 0 Å². The fourth-order valence-electron chi connectivity index (χ4n) is 2.67. The Morgan fingerprint density at radius 2 is 2.13 bits per heavy atom. The largest absolute Gasteiger partial charge is 0.369 e. The van der Waals surface area contributed by atoms with Crippen LogP contribution in [0.3, 0.4) is 0 Å². The van der Waals surface area contributed by atoms with Gasteiger partial charge in [-0.15, -0.1) is 0 Å². The van der Waals surface area contributed by atoms with E-state index >= 15 is 0 Å². The van der Waals surface area contributed by atoms with E-state index in [4.69, 9.17) is 10.3 Å². The molecule has 1 aliphatic rings. The molecule has 2 heterocycles. The summed E-state index contributed by atoms with van der Waals surface area (Å²) in [6.07, 6.45) is 0.711. The number of primary amides is 1. The summed E-state index contributed by atoms with van der Waals surface area (Å²) in [4.78, 5) is 36.7. The number of hydrogen-bond donors (Lipinski definition) is 2. The van der Waals surface area contributed by atoms with Crippen LogP contribution < -0.4 is 11.1 Å². The summed E-state index contributed by atoms with van der Waals surface area (Å²) in [6.45, 7) is 5.96. The van der Waals surface area contributed by atoms with Gasteiger partial charge in [0.2, 0.25) is 17.6 Å². The van der Waals surface area contributed by atoms with Crippen molar-refractivity contribution in [2.45, 2.75) is 33.2 Å². The normalized spacial score (nSPS) is 20.8. The quantitative estimate of drug-likeness (QED) is 0.787. The maximum absolute atomic E-state index is 12.2. The molecule has 3 N–H and O–H groups in total. The van der Waals surface area contributed by atoms with Crippen molar-refractivity contribution in [2.75, 3.05) is 13.1 Å². The van der Waals surface area contributed by atoms with E-state index in [2.05, 4.69) is 10.5 Å². The second kappa shape index (κ2) is 6.80. The van der Waals surface area contributed by atoms with Crippen LogP contribution in [0.25, 0.3) is 0 Å². The number of aromatic nitrogens is 1. The predicted octanol–water partition coefficient (Wildman–Crippen LogP) is -0.0649. The number of likely N-dealkylation sites (tertiary alicyclic amines) is 1. The number of carbonyl (C=O) groups is 3. The molecule has 1 aliphatic heterocycles. The van der Waals surface area contributed by atoms with Gasteiger partial charge in [0.05, 0.1) is 17.7 Å². The van der Waals surface area contributed by atoms with Crippen LogP contribution in [0.2, 0.25) is 0 Å². The molecule has 2 rings (SSSR count). The predicted molar refractivity (Wildman–Crippen MR) is 81.2 cm³/mol. The van der Waals surface area contributed by atoms with Gasteiger partial charge in [0.25, 0.3) is 5.91 Å². The Kier molecular flexibility index (Phi) is 5.02. The summed E-state index contributed by atoms with van der Waals surface area (Å²) in [5, 5.41) is 6.57. The highest BCUT2D eigenvalue weighted by atomic mass is 16.5. The van der Waals surface area contributed by atoms with E-state index in [-0.39, 0.29) is 24.8 Å². The minimum absolute atomic E-state index is 0.0881. The van der Waals surface area contributed by atoms with Crippen molar-refractivity contribution in [1.29, 1.82) is 0 Å². The zero-order valence-electron chi connectivity index (χ0n) is 13.5. The number of nitrogens with one attached hydrogen (secondary N) is 1. The molecule has 0 aromatic carbocycles. The molecule has 1 fully saturated rings. The van der Waals surface area contributed by atoms with Gasteiger partial charge in [-0.05, 0) is 12.3 Å². The summed E-state index contributed by atoms with van der Waals surface area (Å²) < 4.78 is 5.05. The lowest BCUT2D eigenvalue weighted by atomic mass is 10.0. The molecule has 8 nitrogen and oxygen atoms in total. The molecule has 0 aliphatic carbocycles. The summed E-state index contributed by atoms with van der Waals surface area (Å²) in [5.41, 5.74) is 6.06. The first-order chi connectivity index (χ1) is 10.8. The number of carbonyl (C=O) groups excluding carboxylic acids is 3. The Morgan fingerprint density at radius 3 is 2.70 bits per heavy atom. The van der Waals surface area contributed by atoms with Crippen molar-refractivity contribution in [3.05, 3.63) is 17.5 Å². The molecule has 1 aromatic rings. The van der Waals surface area contributed by atoms with Crippen LogP contribution in [0.15, 0.2) is 10.6 Å². The Morgan fingerprint density at radius 1 is 1.43 bits per heavy atom. The highest BCUT2D eigenvalue weighted by Crippen LogP contribution is 2.18. The van der Waals surface area contributed by atoms with E-state index in [9.17, 15) is 14.4 Å². The van der Waals surface area contributed by atoms with E-state index in [0.717, 1.165) is 0 Å². The molecule has 0 spiro atoms. The summed E-state index contributed by atoms with van der Waals surface area (Å²) in [6, 6.07) is 1.06. The second-order valence-electron chi connectivity index (χ2n) is 6.29. The van der Waals surface area contributed by atoms with Crippen LogP contribution in [0.5, 0.6) is 0 Å². The first-order valence-corrected chi connectivity index (χ1v) is 7.59. The minimum Gasteiger partial charge on any atom is -0.369 e. The van der Waals surface area contributed by atoms with Crippen molar-refractivity contribution < 1.29 is 18.9 Å². The van der Waals surface area contributed by atoms with Crippen molar-refractivity contribution in [2.24, 2.45) is 17.6 Å². The molecule has 2 atom stereocenters. The number of nitrogens with zero attached hydrogens (tertiary/aromatic N) is 2. The third-order valence-electron chi connectivity index (χ3n) is 3.85. The molecule has 23 heavy (non-hydrogen) atoms. The van der Waals surface area contributed by atoms with Gasteiger partial charge in [-0.25, -0.2) is 0 Å². The van der Waals surface area contributed by atoms with Crippen LogP contribution in [0.4, 0.5) is 0 Å². The molecule has 1 saturated heterocycles. The SMILES string of the molecule is CC(=O)N1C[C@H](NC(=O)c2cc(CC(C)C)no2)[C@H](C(N)=O)C1. The molecule has 3 amide bonds. The van der Waals surface area contributed by atoms with E-state index in [1.807, 2.05) is 13.8 Å². The molecule has 1 aromatic heterocycles. The Hall–Kier alpha value is -2.38. The van der Waals surface area contributed by atoms with Gasteiger partial charge in [0.1, 0.15) is 0 Å². The number of rotatable bonds is 5. The summed E-state index contributed by atoms with van der Waals surface area (Å²) >= 11 is 0. The van der Waals surface area contributed by atoms with Gasteiger partial charge < -0.3 is 20.5 Å². The molecular formula is C15H22N4O4. The van der Waals surface area contributed by atoms with Crippen molar-refractivity contribution >= 4 is 17.7 Å². The fraction of sp³-hybridized carbons (Fsp3) is 0.600. The third kappa shape index (κ3) is 4.08. The molecule has 0 saturated carbocycles. The number of nitrogens with two attached hydrogens (primary N) is 1. The lowest BCUT2D eigenvalue weighted by Gasteiger charge is -2.15. The second-order valence-corrected chi connectivity index (χ2v) is 6.29. The van der Waals surface area contributed by atoms with Gasteiger partial charge in [-0.2, -0.15) is 0 Å². The minimum atomic E-state index is -0.610. The van der Waals surface area contributed by atoms with Crippen molar-refractivity contribution in [3.8, 4) is 0 Å². The third-order valence-corrected chi connectivity index (χ3v) is 3.85. The van der Waals surface area contributed by atoms with Gasteiger partial charge in [-0.1, -0.05) is 19.0 Å². The monoisotopic (exact) mass is 322 g/mol. The highest BCUT2D eigenvalue weighted by Gasteiger charge is 2.39. The van der Waals surface area contributed by atoms with E-state index in [1.54, 1.807) is 6.07 Å². The molecule has 126 valence electrons. The Labute approximate surface area is 134 Å². The van der Waals surface area contributed by atoms with Gasteiger partial charge in [-0.3, -0.25) is 14.4 Å². The average Bonchev–Trinajstić information content (AvgIpc) is 3.04. The van der Waals surface area contributed by atoms with Gasteiger partial charge >= 0.3 is 0 Å². The van der Waals surface area contributed by atoms with Crippen LogP contribution in [-0.2, 0) is 16.0 Å². The van der Waals surface area contributed by atoms with Crippen molar-refractivity contribution in [1.82, 2.24) is 15.4 Å². The van der Waals surface area contributed by atoms with Crippen LogP contribution in [0.1, 0.15) is 37.0 Å². The van der Waals surface area contributed by atoms with Crippen LogP contribution >= 0.6 is 0 Å². The Bertz CT molecular complexity index is 610. The van der Waals surface area contributed by atoms with E-state index in [0.29, 0.717) is 18.0 Å². The fourth-order valence-corrected chi connectivity index (χ4v) is 2.67. The highest BCUT2D eigenvalue weighted by molar-refractivity contribution is 5.92. The standard InChI is InChI=1S/C15H22N4O4/c1-8(2)4-10-5-13(23-18-10)15(22)17-12-7-19(9(3)20)6-11(12)14(16)21/h5,8,11-12H,4,6-7H2,1-3H3,(H2,16,21)(H,17,22)/t11-,12+/m1/s1. The zero-order valence-corrected chi connectivity index (χ0v) is 13.5. The van der Waals surface area contributed by atoms with E-state index in [1.165, 1.54) is 11.8 Å². The lowest BCUT2D eigenvalue weighted by molar-refractivity contribution is -0.128. The zero-order chi connectivity index (χ0) is 17.1. The lowest BCUT2D eigenvalue weighted by Crippen LogP contribution is -2.44. The summed E-state index contributed by atoms with van der Waals surface area (Å²) in [5.74, 6) is -1.29.